The molecule has 0 saturated carbocycles. The number of benzene rings is 1. The fraction of sp³-hybridized carbons (Fsp3) is 0.250. The molecule has 0 fully saturated rings. The van der Waals surface area contributed by atoms with Crippen LogP contribution in [0.5, 0.6) is 0 Å². The summed E-state index contributed by atoms with van der Waals surface area (Å²) in [5.41, 5.74) is 0. The average molecular weight is 320 g/mol. The van der Waals surface area contributed by atoms with E-state index in [-0.39, 0.29) is 16.3 Å². The van der Waals surface area contributed by atoms with Gasteiger partial charge in [-0.15, -0.1) is 0 Å². The molecule has 1 aromatic rings. The van der Waals surface area contributed by atoms with Crippen LogP contribution in [0.15, 0.2) is 35.2 Å². The molecule has 0 aliphatic heterocycles. The van der Waals surface area contributed by atoms with Crippen LogP contribution < -0.4 is 4.72 Å². The Bertz CT molecular complexity index is 674. The minimum absolute atomic E-state index is 0.101. The van der Waals surface area contributed by atoms with Gasteiger partial charge in [-0.1, -0.05) is 23.8 Å². The lowest BCUT2D eigenvalue weighted by Crippen LogP contribution is -2.33. The average Bonchev–Trinajstić information content (AvgIpc) is 2.80. The number of carboxylic acid groups (broad SMARTS) is 1. The van der Waals surface area contributed by atoms with E-state index in [1.807, 2.05) is 0 Å². The molecule has 2 atom stereocenters. The van der Waals surface area contributed by atoms with Crippen LogP contribution in [-0.2, 0) is 14.8 Å². The van der Waals surface area contributed by atoms with Crippen molar-refractivity contribution >= 4 is 27.6 Å². The minimum Gasteiger partial charge on any atom is -0.481 e. The molecule has 0 aromatic heterocycles. The van der Waals surface area contributed by atoms with Gasteiger partial charge in [0.15, 0.2) is 0 Å². The Hall–Kier alpha value is -1.44. The first-order valence-corrected chi connectivity index (χ1v) is 7.54. The molecule has 20 heavy (non-hydrogen) atoms. The van der Waals surface area contributed by atoms with E-state index in [0.29, 0.717) is 0 Å². The molecule has 5 nitrogen and oxygen atoms in total. The van der Waals surface area contributed by atoms with Crippen LogP contribution in [0.25, 0.3) is 0 Å². The van der Waals surface area contributed by atoms with Crippen molar-refractivity contribution in [3.8, 4) is 0 Å². The van der Waals surface area contributed by atoms with E-state index in [2.05, 4.69) is 4.72 Å². The SMILES string of the molecule is O=C(O)C1C=CC(NS(=O)(=O)c2cc(F)ccc2Cl)C1. The Balaban J connectivity index is 2.19. The second-order valence-corrected chi connectivity index (χ2v) is 6.46. The van der Waals surface area contributed by atoms with Crippen LogP contribution in [-0.4, -0.2) is 25.5 Å². The molecule has 2 N–H and O–H groups in total. The Kier molecular flexibility index (Phi) is 4.12. The van der Waals surface area contributed by atoms with Crippen LogP contribution in [0.3, 0.4) is 0 Å². The Morgan fingerprint density at radius 1 is 1.40 bits per heavy atom. The zero-order valence-electron chi connectivity index (χ0n) is 10.1. The monoisotopic (exact) mass is 319 g/mol. The van der Waals surface area contributed by atoms with Gasteiger partial charge < -0.3 is 5.11 Å². The van der Waals surface area contributed by atoms with E-state index in [1.54, 1.807) is 0 Å². The Labute approximate surface area is 120 Å². The van der Waals surface area contributed by atoms with Gasteiger partial charge in [-0.2, -0.15) is 0 Å². The highest BCUT2D eigenvalue weighted by atomic mass is 35.5. The van der Waals surface area contributed by atoms with Gasteiger partial charge in [-0.3, -0.25) is 4.79 Å². The van der Waals surface area contributed by atoms with Crippen molar-refractivity contribution < 1.29 is 22.7 Å². The summed E-state index contributed by atoms with van der Waals surface area (Å²) in [5.74, 6) is -2.47. The largest absolute Gasteiger partial charge is 0.481 e. The van der Waals surface area contributed by atoms with Crippen LogP contribution >= 0.6 is 11.6 Å². The van der Waals surface area contributed by atoms with Crippen molar-refractivity contribution in [1.82, 2.24) is 4.72 Å². The normalized spacial score (nSPS) is 22.1. The fourth-order valence-electron chi connectivity index (χ4n) is 1.92. The summed E-state index contributed by atoms with van der Waals surface area (Å²) in [7, 11) is -4.01. The number of carbonyl (C=O) groups is 1. The van der Waals surface area contributed by atoms with Gasteiger partial charge in [0.25, 0.3) is 0 Å². The third-order valence-electron chi connectivity index (χ3n) is 2.89. The standard InChI is InChI=1S/C12H11ClFNO4S/c13-10-4-2-8(14)6-11(10)20(18,19)15-9-3-1-7(5-9)12(16)17/h1-4,6-7,9,15H,5H2,(H,16,17). The van der Waals surface area contributed by atoms with Crippen molar-refractivity contribution in [2.24, 2.45) is 5.92 Å². The molecule has 1 aromatic carbocycles. The van der Waals surface area contributed by atoms with Crippen LogP contribution in [0, 0.1) is 11.7 Å². The summed E-state index contributed by atoms with van der Waals surface area (Å²) in [4.78, 5) is 10.4. The van der Waals surface area contributed by atoms with Crippen molar-refractivity contribution in [3.05, 3.63) is 41.2 Å². The van der Waals surface area contributed by atoms with Crippen molar-refractivity contribution in [2.75, 3.05) is 0 Å². The Morgan fingerprint density at radius 3 is 2.70 bits per heavy atom. The molecule has 0 radical (unpaired) electrons. The number of halogens is 2. The maximum Gasteiger partial charge on any atom is 0.310 e. The zero-order valence-corrected chi connectivity index (χ0v) is 11.7. The molecule has 108 valence electrons. The summed E-state index contributed by atoms with van der Waals surface area (Å²) in [5, 5.41) is 8.73. The van der Waals surface area contributed by atoms with E-state index >= 15 is 0 Å². The second-order valence-electron chi connectivity index (χ2n) is 4.37. The molecule has 2 rings (SSSR count). The van der Waals surface area contributed by atoms with Gasteiger partial charge in [0.2, 0.25) is 10.0 Å². The first-order valence-electron chi connectivity index (χ1n) is 5.68. The van der Waals surface area contributed by atoms with E-state index < -0.39 is 33.8 Å². The van der Waals surface area contributed by atoms with Gasteiger partial charge in [-0.05, 0) is 24.6 Å². The molecule has 0 amide bonds. The van der Waals surface area contributed by atoms with Crippen molar-refractivity contribution in [3.63, 3.8) is 0 Å². The molecule has 0 heterocycles. The number of aliphatic carboxylic acids is 1. The number of carboxylic acids is 1. The highest BCUT2D eigenvalue weighted by Crippen LogP contribution is 2.24. The van der Waals surface area contributed by atoms with Gasteiger partial charge in [0, 0.05) is 6.04 Å². The van der Waals surface area contributed by atoms with Crippen molar-refractivity contribution in [2.45, 2.75) is 17.4 Å². The number of sulfonamides is 1. The number of hydrogen-bond donors (Lipinski definition) is 2. The third-order valence-corrected chi connectivity index (χ3v) is 4.86. The predicted octanol–water partition coefficient (Wildman–Crippen LogP) is 1.79. The molecule has 0 saturated heterocycles. The van der Waals surface area contributed by atoms with E-state index in [9.17, 15) is 17.6 Å². The van der Waals surface area contributed by atoms with E-state index in [4.69, 9.17) is 16.7 Å². The molecule has 1 aliphatic rings. The highest BCUT2D eigenvalue weighted by Gasteiger charge is 2.29. The lowest BCUT2D eigenvalue weighted by Gasteiger charge is -2.13. The summed E-state index contributed by atoms with van der Waals surface area (Å²) in [6.07, 6.45) is 2.99. The molecule has 0 bridgehead atoms. The second kappa shape index (κ2) is 5.51. The molecule has 0 spiro atoms. The fourth-order valence-corrected chi connectivity index (χ4v) is 3.63. The highest BCUT2D eigenvalue weighted by molar-refractivity contribution is 7.89. The van der Waals surface area contributed by atoms with Crippen LogP contribution in [0.1, 0.15) is 6.42 Å². The minimum atomic E-state index is -4.01. The summed E-state index contributed by atoms with van der Waals surface area (Å²) < 4.78 is 39.6. The van der Waals surface area contributed by atoms with Gasteiger partial charge in [-0.25, -0.2) is 17.5 Å². The molecule has 1 aliphatic carbocycles. The number of nitrogens with one attached hydrogen (secondary N) is 1. The molecular formula is C12H11ClFNO4S. The lowest BCUT2D eigenvalue weighted by atomic mass is 10.1. The molecular weight excluding hydrogens is 309 g/mol. The maximum absolute atomic E-state index is 13.1. The van der Waals surface area contributed by atoms with Gasteiger partial charge in [0.05, 0.1) is 10.9 Å². The van der Waals surface area contributed by atoms with Crippen LogP contribution in [0.2, 0.25) is 5.02 Å². The quantitative estimate of drug-likeness (QED) is 0.829. The smallest absolute Gasteiger partial charge is 0.310 e. The lowest BCUT2D eigenvalue weighted by molar-refractivity contribution is -0.140. The predicted molar refractivity (Wildman–Crippen MR) is 70.4 cm³/mol. The molecule has 2 unspecified atom stereocenters. The van der Waals surface area contributed by atoms with E-state index in [0.717, 1.165) is 18.2 Å². The van der Waals surface area contributed by atoms with Gasteiger partial charge in [0.1, 0.15) is 10.7 Å². The summed E-state index contributed by atoms with van der Waals surface area (Å²) in [6, 6.07) is 2.37. The first-order chi connectivity index (χ1) is 9.29. The summed E-state index contributed by atoms with van der Waals surface area (Å²) >= 11 is 5.75. The summed E-state index contributed by atoms with van der Waals surface area (Å²) in [6.45, 7) is 0. The molecule has 8 heteroatoms. The van der Waals surface area contributed by atoms with E-state index in [1.165, 1.54) is 12.2 Å². The van der Waals surface area contributed by atoms with Gasteiger partial charge >= 0.3 is 5.97 Å². The first kappa shape index (κ1) is 15.0. The maximum atomic E-state index is 13.1. The topological polar surface area (TPSA) is 83.5 Å². The third kappa shape index (κ3) is 3.17. The van der Waals surface area contributed by atoms with Crippen LogP contribution in [0.4, 0.5) is 4.39 Å². The van der Waals surface area contributed by atoms with Crippen molar-refractivity contribution in [1.29, 1.82) is 0 Å². The number of rotatable bonds is 4. The zero-order chi connectivity index (χ0) is 14.9. The number of hydrogen-bond acceptors (Lipinski definition) is 3. The Morgan fingerprint density at radius 2 is 2.10 bits per heavy atom.